The number of hydrogen-bond acceptors (Lipinski definition) is 4. The van der Waals surface area contributed by atoms with Gasteiger partial charge in [-0.3, -0.25) is 0 Å². The van der Waals surface area contributed by atoms with Crippen molar-refractivity contribution in [1.82, 2.24) is 10.0 Å². The largest absolute Gasteiger partial charge is 0.385 e. The summed E-state index contributed by atoms with van der Waals surface area (Å²) >= 11 is 0. The highest BCUT2D eigenvalue weighted by molar-refractivity contribution is 7.88. The van der Waals surface area contributed by atoms with Crippen LogP contribution in [-0.4, -0.2) is 35.2 Å². The Morgan fingerprint density at radius 3 is 2.67 bits per heavy atom. The summed E-state index contributed by atoms with van der Waals surface area (Å²) in [6.45, 7) is 4.82. The molecule has 1 rings (SSSR count). The van der Waals surface area contributed by atoms with Crippen molar-refractivity contribution in [2.24, 2.45) is 0 Å². The summed E-state index contributed by atoms with van der Waals surface area (Å²) in [4.78, 5) is 0. The highest BCUT2D eigenvalue weighted by atomic mass is 32.2. The monoisotopic (exact) mass is 314 g/mol. The van der Waals surface area contributed by atoms with E-state index in [1.807, 2.05) is 31.2 Å². The summed E-state index contributed by atoms with van der Waals surface area (Å²) < 4.78 is 31.6. The average Bonchev–Trinajstić information content (AvgIpc) is 2.44. The molecule has 5 nitrogen and oxygen atoms in total. The average molecular weight is 314 g/mol. The third-order valence-electron chi connectivity index (χ3n) is 3.02. The SMILES string of the molecule is CCNCc1cccc(CS(=O)(=O)NCCCCOC)c1. The molecule has 0 aliphatic heterocycles. The van der Waals surface area contributed by atoms with Crippen LogP contribution in [0.5, 0.6) is 0 Å². The lowest BCUT2D eigenvalue weighted by molar-refractivity contribution is 0.193. The summed E-state index contributed by atoms with van der Waals surface area (Å²) in [5.74, 6) is 0.0250. The van der Waals surface area contributed by atoms with Gasteiger partial charge < -0.3 is 10.1 Å². The van der Waals surface area contributed by atoms with E-state index < -0.39 is 10.0 Å². The molecule has 21 heavy (non-hydrogen) atoms. The minimum absolute atomic E-state index is 0.0250. The van der Waals surface area contributed by atoms with Crippen LogP contribution in [0.15, 0.2) is 24.3 Å². The summed E-state index contributed by atoms with van der Waals surface area (Å²) in [6, 6.07) is 7.68. The first kappa shape index (κ1) is 18.1. The van der Waals surface area contributed by atoms with Crippen LogP contribution in [0.3, 0.4) is 0 Å². The lowest BCUT2D eigenvalue weighted by Gasteiger charge is -2.08. The van der Waals surface area contributed by atoms with Gasteiger partial charge in [0, 0.05) is 26.8 Å². The van der Waals surface area contributed by atoms with E-state index in [2.05, 4.69) is 10.0 Å². The third-order valence-corrected chi connectivity index (χ3v) is 4.38. The number of benzene rings is 1. The van der Waals surface area contributed by atoms with E-state index in [4.69, 9.17) is 4.74 Å². The van der Waals surface area contributed by atoms with E-state index in [1.54, 1.807) is 7.11 Å². The van der Waals surface area contributed by atoms with Crippen LogP contribution in [0.25, 0.3) is 0 Å². The van der Waals surface area contributed by atoms with Crippen LogP contribution in [0, 0.1) is 0 Å². The maximum absolute atomic E-state index is 12.0. The maximum atomic E-state index is 12.0. The fraction of sp³-hybridized carbons (Fsp3) is 0.600. The highest BCUT2D eigenvalue weighted by Gasteiger charge is 2.11. The van der Waals surface area contributed by atoms with E-state index in [0.29, 0.717) is 13.2 Å². The fourth-order valence-electron chi connectivity index (χ4n) is 1.97. The second kappa shape index (κ2) is 9.89. The zero-order valence-corrected chi connectivity index (χ0v) is 13.7. The second-order valence-corrected chi connectivity index (χ2v) is 6.76. The lowest BCUT2D eigenvalue weighted by Crippen LogP contribution is -2.26. The van der Waals surface area contributed by atoms with Gasteiger partial charge in [-0.05, 0) is 30.5 Å². The van der Waals surface area contributed by atoms with E-state index in [0.717, 1.165) is 37.1 Å². The normalized spacial score (nSPS) is 11.7. The summed E-state index contributed by atoms with van der Waals surface area (Å²) in [5, 5.41) is 3.23. The van der Waals surface area contributed by atoms with Crippen molar-refractivity contribution in [1.29, 1.82) is 0 Å². The molecule has 6 heteroatoms. The number of rotatable bonds is 11. The molecule has 1 aromatic rings. The third kappa shape index (κ3) is 8.16. The molecule has 120 valence electrons. The standard InChI is InChI=1S/C15H26N2O3S/c1-3-16-12-14-7-6-8-15(11-14)13-21(18,19)17-9-4-5-10-20-2/h6-8,11,16-17H,3-5,9-10,12-13H2,1-2H3. The molecule has 2 N–H and O–H groups in total. The van der Waals surface area contributed by atoms with Crippen molar-refractivity contribution in [3.63, 3.8) is 0 Å². The van der Waals surface area contributed by atoms with Crippen LogP contribution in [0.4, 0.5) is 0 Å². The van der Waals surface area contributed by atoms with Gasteiger partial charge in [-0.25, -0.2) is 13.1 Å². The van der Waals surface area contributed by atoms with Gasteiger partial charge in [-0.1, -0.05) is 31.2 Å². The zero-order valence-electron chi connectivity index (χ0n) is 12.9. The Labute approximate surface area is 128 Å². The van der Waals surface area contributed by atoms with E-state index >= 15 is 0 Å². The summed E-state index contributed by atoms with van der Waals surface area (Å²) in [5.41, 5.74) is 1.92. The lowest BCUT2D eigenvalue weighted by atomic mass is 10.1. The molecule has 0 saturated heterocycles. The fourth-order valence-corrected chi connectivity index (χ4v) is 3.14. The number of sulfonamides is 1. The Morgan fingerprint density at radius 1 is 1.19 bits per heavy atom. The molecule has 0 spiro atoms. The summed E-state index contributed by atoms with van der Waals surface area (Å²) in [7, 11) is -1.63. The molecule has 0 saturated carbocycles. The molecule has 1 aromatic carbocycles. The Kier molecular flexibility index (Phi) is 8.52. The van der Waals surface area contributed by atoms with Gasteiger partial charge in [0.15, 0.2) is 0 Å². The van der Waals surface area contributed by atoms with Gasteiger partial charge in [0.25, 0.3) is 0 Å². The van der Waals surface area contributed by atoms with Crippen molar-refractivity contribution >= 4 is 10.0 Å². The Balaban J connectivity index is 2.46. The molecule has 0 unspecified atom stereocenters. The smallest absolute Gasteiger partial charge is 0.215 e. The van der Waals surface area contributed by atoms with Crippen LogP contribution in [-0.2, 0) is 27.1 Å². The van der Waals surface area contributed by atoms with Crippen LogP contribution in [0.1, 0.15) is 30.9 Å². The van der Waals surface area contributed by atoms with Crippen LogP contribution >= 0.6 is 0 Å². The van der Waals surface area contributed by atoms with Gasteiger partial charge in [0.05, 0.1) is 5.75 Å². The molecule has 0 radical (unpaired) electrons. The molecule has 0 bridgehead atoms. The topological polar surface area (TPSA) is 67.4 Å². The predicted octanol–water partition coefficient (Wildman–Crippen LogP) is 1.64. The number of hydrogen-bond donors (Lipinski definition) is 2. The molecular formula is C15H26N2O3S. The van der Waals surface area contributed by atoms with E-state index in [9.17, 15) is 8.42 Å². The number of nitrogens with one attached hydrogen (secondary N) is 2. The van der Waals surface area contributed by atoms with Gasteiger partial charge in [0.1, 0.15) is 0 Å². The van der Waals surface area contributed by atoms with Gasteiger partial charge in [-0.15, -0.1) is 0 Å². The molecule has 0 fully saturated rings. The zero-order chi connectivity index (χ0) is 15.6. The maximum Gasteiger partial charge on any atom is 0.215 e. The molecular weight excluding hydrogens is 288 g/mol. The van der Waals surface area contributed by atoms with Crippen LogP contribution < -0.4 is 10.0 Å². The minimum atomic E-state index is -3.27. The Hall–Kier alpha value is -0.950. The van der Waals surface area contributed by atoms with Gasteiger partial charge in [0.2, 0.25) is 10.0 Å². The number of methoxy groups -OCH3 is 1. The first-order chi connectivity index (χ1) is 10.1. The molecule has 0 atom stereocenters. The van der Waals surface area contributed by atoms with Crippen molar-refractivity contribution < 1.29 is 13.2 Å². The van der Waals surface area contributed by atoms with E-state index in [1.165, 1.54) is 0 Å². The molecule has 0 amide bonds. The number of unbranched alkanes of at least 4 members (excludes halogenated alkanes) is 1. The van der Waals surface area contributed by atoms with Crippen molar-refractivity contribution in [2.45, 2.75) is 32.1 Å². The highest BCUT2D eigenvalue weighted by Crippen LogP contribution is 2.09. The Morgan fingerprint density at radius 2 is 1.95 bits per heavy atom. The summed E-state index contributed by atoms with van der Waals surface area (Å²) in [6.07, 6.45) is 1.64. The quantitative estimate of drug-likeness (QED) is 0.609. The van der Waals surface area contributed by atoms with E-state index in [-0.39, 0.29) is 5.75 Å². The molecule has 0 aliphatic rings. The van der Waals surface area contributed by atoms with Gasteiger partial charge in [-0.2, -0.15) is 0 Å². The second-order valence-electron chi connectivity index (χ2n) is 4.95. The van der Waals surface area contributed by atoms with Gasteiger partial charge >= 0.3 is 0 Å². The molecule has 0 heterocycles. The molecule has 0 aromatic heterocycles. The van der Waals surface area contributed by atoms with Crippen LogP contribution in [0.2, 0.25) is 0 Å². The molecule has 0 aliphatic carbocycles. The first-order valence-electron chi connectivity index (χ1n) is 7.32. The Bertz CT molecular complexity index is 503. The van der Waals surface area contributed by atoms with Crippen molar-refractivity contribution in [3.8, 4) is 0 Å². The first-order valence-corrected chi connectivity index (χ1v) is 8.97. The predicted molar refractivity (Wildman–Crippen MR) is 85.6 cm³/mol. The van der Waals surface area contributed by atoms with Crippen molar-refractivity contribution in [3.05, 3.63) is 35.4 Å². The van der Waals surface area contributed by atoms with Crippen molar-refractivity contribution in [2.75, 3.05) is 26.8 Å². The minimum Gasteiger partial charge on any atom is -0.385 e. The number of ether oxygens (including phenoxy) is 1.